The highest BCUT2D eigenvalue weighted by Gasteiger charge is 2.16. The Hall–Kier alpha value is -3.08. The number of carbonyl (C=O) groups is 1. The first kappa shape index (κ1) is 18.7. The lowest BCUT2D eigenvalue weighted by molar-refractivity contribution is 0.0935. The lowest BCUT2D eigenvalue weighted by Gasteiger charge is -2.13. The molecule has 0 bridgehead atoms. The van der Waals surface area contributed by atoms with E-state index in [-0.39, 0.29) is 11.9 Å². The number of hydrogen-bond acceptors (Lipinski definition) is 3. The van der Waals surface area contributed by atoms with E-state index in [0.717, 1.165) is 29.7 Å². The van der Waals surface area contributed by atoms with Crippen LogP contribution < -0.4 is 10.1 Å². The molecule has 5 nitrogen and oxygen atoms in total. The first-order valence-electron chi connectivity index (χ1n) is 9.32. The minimum Gasteiger partial charge on any atom is -0.493 e. The summed E-state index contributed by atoms with van der Waals surface area (Å²) in [6, 6.07) is 19.3. The van der Waals surface area contributed by atoms with Gasteiger partial charge in [-0.1, -0.05) is 55.8 Å². The zero-order chi connectivity index (χ0) is 19.1. The van der Waals surface area contributed by atoms with Crippen LogP contribution in [-0.2, 0) is 0 Å². The van der Waals surface area contributed by atoms with Crippen LogP contribution in [0.15, 0.2) is 60.7 Å². The van der Waals surface area contributed by atoms with Crippen molar-refractivity contribution in [1.29, 1.82) is 0 Å². The summed E-state index contributed by atoms with van der Waals surface area (Å²) in [4.78, 5) is 12.6. The molecule has 0 aliphatic heterocycles. The molecule has 2 N–H and O–H groups in total. The Labute approximate surface area is 159 Å². The molecule has 1 unspecified atom stereocenters. The fourth-order valence-corrected chi connectivity index (χ4v) is 2.81. The molecule has 5 heteroatoms. The van der Waals surface area contributed by atoms with Gasteiger partial charge in [-0.3, -0.25) is 9.89 Å². The summed E-state index contributed by atoms with van der Waals surface area (Å²) < 4.78 is 5.87. The standard InChI is InChI=1S/C22H25N3O2/c1-3-4-14-27-21-13-9-8-12-18(21)19-15-20(25-24-19)22(26)23-16(2)17-10-6-5-7-11-17/h5-13,15-16H,3-4,14H2,1-2H3,(H,23,26)(H,24,25). The molecule has 1 heterocycles. The van der Waals surface area contributed by atoms with Gasteiger partial charge < -0.3 is 10.1 Å². The van der Waals surface area contributed by atoms with Gasteiger partial charge in [-0.2, -0.15) is 5.10 Å². The maximum atomic E-state index is 12.6. The Morgan fingerprint density at radius 1 is 1.15 bits per heavy atom. The van der Waals surface area contributed by atoms with Crippen molar-refractivity contribution in [1.82, 2.24) is 15.5 Å². The van der Waals surface area contributed by atoms with E-state index in [9.17, 15) is 4.79 Å². The summed E-state index contributed by atoms with van der Waals surface area (Å²) in [5, 5.41) is 10.1. The molecule has 0 saturated carbocycles. The SMILES string of the molecule is CCCCOc1ccccc1-c1cc(C(=O)NC(C)c2ccccc2)[nH]n1. The Kier molecular flexibility index (Phi) is 6.26. The van der Waals surface area contributed by atoms with E-state index in [0.29, 0.717) is 18.0 Å². The van der Waals surface area contributed by atoms with E-state index in [2.05, 4.69) is 22.4 Å². The summed E-state index contributed by atoms with van der Waals surface area (Å²) in [6.07, 6.45) is 2.08. The molecule has 27 heavy (non-hydrogen) atoms. The van der Waals surface area contributed by atoms with Crippen molar-refractivity contribution >= 4 is 5.91 Å². The van der Waals surface area contributed by atoms with Gasteiger partial charge in [0, 0.05) is 5.56 Å². The third-order valence-corrected chi connectivity index (χ3v) is 4.39. The second-order valence-corrected chi connectivity index (χ2v) is 6.47. The van der Waals surface area contributed by atoms with Gasteiger partial charge in [0.25, 0.3) is 5.91 Å². The van der Waals surface area contributed by atoms with E-state index in [1.165, 1.54) is 0 Å². The molecule has 0 fully saturated rings. The van der Waals surface area contributed by atoms with Crippen LogP contribution in [0.2, 0.25) is 0 Å². The van der Waals surface area contributed by atoms with Crippen LogP contribution in [0.1, 0.15) is 48.8 Å². The number of ether oxygens (including phenoxy) is 1. The topological polar surface area (TPSA) is 67.0 Å². The Morgan fingerprint density at radius 3 is 2.67 bits per heavy atom. The van der Waals surface area contributed by atoms with Gasteiger partial charge in [0.05, 0.1) is 18.3 Å². The largest absolute Gasteiger partial charge is 0.493 e. The number of hydrogen-bond donors (Lipinski definition) is 2. The molecule has 0 spiro atoms. The number of H-pyrrole nitrogens is 1. The lowest BCUT2D eigenvalue weighted by atomic mass is 10.1. The number of aromatic amines is 1. The van der Waals surface area contributed by atoms with E-state index >= 15 is 0 Å². The molecule has 1 atom stereocenters. The minimum atomic E-state index is -0.186. The van der Waals surface area contributed by atoms with Crippen molar-refractivity contribution in [3.05, 3.63) is 71.9 Å². The number of carbonyl (C=O) groups excluding carboxylic acids is 1. The molecular formula is C22H25N3O2. The van der Waals surface area contributed by atoms with Crippen LogP contribution in [0, 0.1) is 0 Å². The van der Waals surface area contributed by atoms with E-state index in [1.807, 2.05) is 61.5 Å². The number of unbranched alkanes of at least 4 members (excludes halogenated alkanes) is 1. The monoisotopic (exact) mass is 363 g/mol. The van der Waals surface area contributed by atoms with Crippen molar-refractivity contribution in [2.45, 2.75) is 32.7 Å². The third kappa shape index (κ3) is 4.76. The molecule has 0 saturated heterocycles. The molecule has 140 valence electrons. The molecule has 0 aliphatic rings. The summed E-state index contributed by atoms with van der Waals surface area (Å²) in [6.45, 7) is 4.76. The van der Waals surface area contributed by atoms with Crippen molar-refractivity contribution in [2.24, 2.45) is 0 Å². The predicted octanol–water partition coefficient (Wildman–Crippen LogP) is 4.75. The highest BCUT2D eigenvalue weighted by Crippen LogP contribution is 2.29. The maximum Gasteiger partial charge on any atom is 0.269 e. The molecule has 0 aliphatic carbocycles. The second kappa shape index (κ2) is 9.03. The van der Waals surface area contributed by atoms with Gasteiger partial charge in [-0.15, -0.1) is 0 Å². The van der Waals surface area contributed by atoms with Gasteiger partial charge in [-0.05, 0) is 37.1 Å². The number of nitrogens with one attached hydrogen (secondary N) is 2. The van der Waals surface area contributed by atoms with Crippen molar-refractivity contribution in [3.63, 3.8) is 0 Å². The van der Waals surface area contributed by atoms with Crippen LogP contribution in [0.3, 0.4) is 0 Å². The first-order valence-corrected chi connectivity index (χ1v) is 9.32. The quantitative estimate of drug-likeness (QED) is 0.568. The summed E-state index contributed by atoms with van der Waals surface area (Å²) in [7, 11) is 0. The van der Waals surface area contributed by atoms with Crippen LogP contribution in [0.4, 0.5) is 0 Å². The fraction of sp³-hybridized carbons (Fsp3) is 0.273. The Bertz CT molecular complexity index is 874. The van der Waals surface area contributed by atoms with Crippen molar-refractivity contribution in [2.75, 3.05) is 6.61 Å². The highest BCUT2D eigenvalue weighted by atomic mass is 16.5. The number of para-hydroxylation sites is 1. The van der Waals surface area contributed by atoms with E-state index in [4.69, 9.17) is 4.74 Å². The van der Waals surface area contributed by atoms with Gasteiger partial charge in [0.1, 0.15) is 11.4 Å². The van der Waals surface area contributed by atoms with Crippen molar-refractivity contribution < 1.29 is 9.53 Å². The summed E-state index contributed by atoms with van der Waals surface area (Å²) in [5.74, 6) is 0.594. The maximum absolute atomic E-state index is 12.6. The Balaban J connectivity index is 1.72. The number of benzene rings is 2. The smallest absolute Gasteiger partial charge is 0.269 e. The van der Waals surface area contributed by atoms with Crippen LogP contribution >= 0.6 is 0 Å². The summed E-state index contributed by atoms with van der Waals surface area (Å²) >= 11 is 0. The predicted molar refractivity (Wildman–Crippen MR) is 107 cm³/mol. The van der Waals surface area contributed by atoms with Gasteiger partial charge in [0.15, 0.2) is 0 Å². The van der Waals surface area contributed by atoms with Crippen molar-refractivity contribution in [3.8, 4) is 17.0 Å². The van der Waals surface area contributed by atoms with E-state index < -0.39 is 0 Å². The van der Waals surface area contributed by atoms with Crippen LogP contribution in [0.5, 0.6) is 5.75 Å². The minimum absolute atomic E-state index is 0.0879. The molecule has 2 aromatic carbocycles. The molecule has 0 radical (unpaired) electrons. The number of rotatable bonds is 8. The van der Waals surface area contributed by atoms with Crippen LogP contribution in [-0.4, -0.2) is 22.7 Å². The highest BCUT2D eigenvalue weighted by molar-refractivity contribution is 5.93. The molecule has 3 rings (SSSR count). The van der Waals surface area contributed by atoms with Gasteiger partial charge in [-0.25, -0.2) is 0 Å². The average Bonchev–Trinajstić information content (AvgIpc) is 3.19. The van der Waals surface area contributed by atoms with Gasteiger partial charge in [0.2, 0.25) is 0 Å². The average molecular weight is 363 g/mol. The zero-order valence-corrected chi connectivity index (χ0v) is 15.7. The third-order valence-electron chi connectivity index (χ3n) is 4.39. The Morgan fingerprint density at radius 2 is 1.89 bits per heavy atom. The van der Waals surface area contributed by atoms with Crippen LogP contribution in [0.25, 0.3) is 11.3 Å². The fourth-order valence-electron chi connectivity index (χ4n) is 2.81. The lowest BCUT2D eigenvalue weighted by Crippen LogP contribution is -2.26. The second-order valence-electron chi connectivity index (χ2n) is 6.47. The normalized spacial score (nSPS) is 11.8. The van der Waals surface area contributed by atoms with Gasteiger partial charge >= 0.3 is 0 Å². The number of nitrogens with zero attached hydrogens (tertiary/aromatic N) is 1. The number of amides is 1. The zero-order valence-electron chi connectivity index (χ0n) is 15.7. The first-order chi connectivity index (χ1) is 13.2. The number of aromatic nitrogens is 2. The molecule has 3 aromatic rings. The summed E-state index contributed by atoms with van der Waals surface area (Å²) in [5.41, 5.74) is 3.05. The molecule has 1 aromatic heterocycles. The molecule has 1 amide bonds. The molecular weight excluding hydrogens is 338 g/mol. The van der Waals surface area contributed by atoms with E-state index in [1.54, 1.807) is 6.07 Å².